The van der Waals surface area contributed by atoms with Gasteiger partial charge in [-0.1, -0.05) is 116 Å². The van der Waals surface area contributed by atoms with E-state index in [2.05, 4.69) is 13.8 Å². The molecule has 0 saturated carbocycles. The van der Waals surface area contributed by atoms with Crippen LogP contribution in [-0.4, -0.2) is 22.6 Å². The summed E-state index contributed by atoms with van der Waals surface area (Å²) < 4.78 is 6.03. The summed E-state index contributed by atoms with van der Waals surface area (Å²) in [4.78, 5) is 24.5. The third-order valence-corrected chi connectivity index (χ3v) is 6.83. The van der Waals surface area contributed by atoms with Crippen LogP contribution in [0.5, 0.6) is 0 Å². The fourth-order valence-electron chi connectivity index (χ4n) is 4.62. The lowest BCUT2D eigenvalue weighted by Crippen LogP contribution is -2.32. The summed E-state index contributed by atoms with van der Waals surface area (Å²) in [5, 5.41) is 9.46. The molecule has 0 aliphatic heterocycles. The van der Waals surface area contributed by atoms with Gasteiger partial charge in [-0.2, -0.15) is 0 Å². The molecular formula is C30H50O4. The average Bonchev–Trinajstić information content (AvgIpc) is 2.82. The first-order chi connectivity index (χ1) is 16.4. The first kappa shape index (κ1) is 30.2. The first-order valence-electron chi connectivity index (χ1n) is 14.0. The third-order valence-electron chi connectivity index (χ3n) is 6.83. The van der Waals surface area contributed by atoms with Gasteiger partial charge in [0.05, 0.1) is 11.1 Å². The van der Waals surface area contributed by atoms with E-state index in [-0.39, 0.29) is 11.1 Å². The Balaban J connectivity index is 2.60. The highest BCUT2D eigenvalue weighted by molar-refractivity contribution is 6.02. The van der Waals surface area contributed by atoms with Crippen molar-refractivity contribution in [2.45, 2.75) is 142 Å². The maximum atomic E-state index is 13.0. The quantitative estimate of drug-likeness (QED) is 0.142. The zero-order valence-electron chi connectivity index (χ0n) is 22.2. The summed E-state index contributed by atoms with van der Waals surface area (Å²) in [6.45, 7) is 6.52. The van der Waals surface area contributed by atoms with E-state index in [0.29, 0.717) is 0 Å². The molecule has 1 rings (SSSR count). The molecule has 1 aromatic rings. The fourth-order valence-corrected chi connectivity index (χ4v) is 4.62. The fraction of sp³-hybridized carbons (Fsp3) is 0.733. The molecule has 194 valence electrons. The topological polar surface area (TPSA) is 63.6 Å². The lowest BCUT2D eigenvalue weighted by atomic mass is 9.90. The number of esters is 1. The largest absolute Gasteiger partial charge is 0.478 e. The molecule has 34 heavy (non-hydrogen) atoms. The van der Waals surface area contributed by atoms with Crippen molar-refractivity contribution in [2.24, 2.45) is 0 Å². The second kappa shape index (κ2) is 18.5. The molecule has 0 unspecified atom stereocenters. The molecule has 0 aromatic heterocycles. The minimum Gasteiger partial charge on any atom is -0.478 e. The van der Waals surface area contributed by atoms with Crippen LogP contribution >= 0.6 is 0 Å². The van der Waals surface area contributed by atoms with Crippen molar-refractivity contribution in [2.75, 3.05) is 0 Å². The van der Waals surface area contributed by atoms with Crippen molar-refractivity contribution >= 4 is 11.9 Å². The minimum absolute atomic E-state index is 0.00834. The number of hydrogen-bond donors (Lipinski definition) is 1. The summed E-state index contributed by atoms with van der Waals surface area (Å²) in [6, 6.07) is 6.35. The van der Waals surface area contributed by atoms with Gasteiger partial charge in [0, 0.05) is 0 Å². The molecule has 1 aromatic carbocycles. The molecule has 4 heteroatoms. The predicted molar refractivity (Wildman–Crippen MR) is 142 cm³/mol. The standard InChI is InChI=1S/C30H50O4/c1-4-6-8-10-12-14-16-20-24-30(3,25-21-17-15-13-11-9-7-5-2)34-29(33)27-23-19-18-22-26(27)28(31)32/h18-19,22-23H,4-17,20-21,24-25H2,1-3H3,(H,31,32). The Morgan fingerprint density at radius 2 is 1.06 bits per heavy atom. The van der Waals surface area contributed by atoms with Crippen LogP contribution in [0.3, 0.4) is 0 Å². The Hall–Kier alpha value is -1.84. The Morgan fingerprint density at radius 1 is 0.676 bits per heavy atom. The number of carbonyl (C=O) groups excluding carboxylic acids is 1. The van der Waals surface area contributed by atoms with Crippen LogP contribution in [0.2, 0.25) is 0 Å². The molecule has 0 atom stereocenters. The number of rotatable bonds is 21. The Bertz CT molecular complexity index is 662. The number of ether oxygens (including phenoxy) is 1. The highest BCUT2D eigenvalue weighted by atomic mass is 16.6. The van der Waals surface area contributed by atoms with E-state index in [1.54, 1.807) is 18.2 Å². The SMILES string of the molecule is CCCCCCCCCCC(C)(CCCCCCCCCC)OC(=O)c1ccccc1C(=O)O. The number of hydrogen-bond acceptors (Lipinski definition) is 3. The van der Waals surface area contributed by atoms with Crippen LogP contribution < -0.4 is 0 Å². The van der Waals surface area contributed by atoms with Gasteiger partial charge in [-0.05, 0) is 44.7 Å². The van der Waals surface area contributed by atoms with Crippen molar-refractivity contribution in [3.63, 3.8) is 0 Å². The van der Waals surface area contributed by atoms with Crippen LogP contribution in [-0.2, 0) is 4.74 Å². The third kappa shape index (κ3) is 13.2. The second-order valence-electron chi connectivity index (χ2n) is 10.1. The molecule has 0 amide bonds. The summed E-state index contributed by atoms with van der Waals surface area (Å²) in [7, 11) is 0. The van der Waals surface area contributed by atoms with E-state index >= 15 is 0 Å². The Morgan fingerprint density at radius 3 is 1.47 bits per heavy atom. The molecule has 0 spiro atoms. The van der Waals surface area contributed by atoms with Crippen molar-refractivity contribution in [1.29, 1.82) is 0 Å². The van der Waals surface area contributed by atoms with Gasteiger partial charge in [0.25, 0.3) is 0 Å². The monoisotopic (exact) mass is 474 g/mol. The molecular weight excluding hydrogens is 424 g/mol. The zero-order valence-corrected chi connectivity index (χ0v) is 22.2. The molecule has 4 nitrogen and oxygen atoms in total. The minimum atomic E-state index is -1.10. The van der Waals surface area contributed by atoms with E-state index < -0.39 is 17.5 Å². The molecule has 0 aliphatic rings. The van der Waals surface area contributed by atoms with Crippen LogP contribution in [0.1, 0.15) is 157 Å². The Labute approximate surface area is 208 Å². The van der Waals surface area contributed by atoms with Crippen LogP contribution in [0.4, 0.5) is 0 Å². The summed E-state index contributed by atoms with van der Waals surface area (Å²) >= 11 is 0. The van der Waals surface area contributed by atoms with Gasteiger partial charge in [-0.25, -0.2) is 9.59 Å². The normalized spacial score (nSPS) is 11.5. The lowest BCUT2D eigenvalue weighted by molar-refractivity contribution is -0.0201. The molecule has 1 N–H and O–H groups in total. The van der Waals surface area contributed by atoms with E-state index in [4.69, 9.17) is 4.74 Å². The van der Waals surface area contributed by atoms with Gasteiger partial charge < -0.3 is 9.84 Å². The van der Waals surface area contributed by atoms with Gasteiger partial charge in [-0.3, -0.25) is 0 Å². The first-order valence-corrected chi connectivity index (χ1v) is 14.0. The number of carboxylic acids is 1. The van der Waals surface area contributed by atoms with E-state index in [1.807, 2.05) is 6.92 Å². The summed E-state index contributed by atoms with van der Waals surface area (Å²) in [6.07, 6.45) is 21.5. The van der Waals surface area contributed by atoms with E-state index in [0.717, 1.165) is 38.5 Å². The summed E-state index contributed by atoms with van der Waals surface area (Å²) in [5.41, 5.74) is -0.394. The number of carbonyl (C=O) groups is 2. The van der Waals surface area contributed by atoms with Gasteiger partial charge in [0.15, 0.2) is 0 Å². The van der Waals surface area contributed by atoms with Crippen molar-refractivity contribution in [1.82, 2.24) is 0 Å². The van der Waals surface area contributed by atoms with Crippen molar-refractivity contribution < 1.29 is 19.4 Å². The second-order valence-corrected chi connectivity index (χ2v) is 10.1. The van der Waals surface area contributed by atoms with Gasteiger partial charge in [-0.15, -0.1) is 0 Å². The highest BCUT2D eigenvalue weighted by Crippen LogP contribution is 2.29. The van der Waals surface area contributed by atoms with E-state index in [9.17, 15) is 14.7 Å². The smallest absolute Gasteiger partial charge is 0.339 e. The van der Waals surface area contributed by atoms with Gasteiger partial charge in [0.2, 0.25) is 0 Å². The number of benzene rings is 1. The molecule has 0 aliphatic carbocycles. The lowest BCUT2D eigenvalue weighted by Gasteiger charge is -2.30. The summed E-state index contributed by atoms with van der Waals surface area (Å²) in [5.74, 6) is -1.61. The molecule has 0 fully saturated rings. The van der Waals surface area contributed by atoms with Crippen molar-refractivity contribution in [3.05, 3.63) is 35.4 Å². The van der Waals surface area contributed by atoms with Gasteiger partial charge >= 0.3 is 11.9 Å². The average molecular weight is 475 g/mol. The van der Waals surface area contributed by atoms with Crippen LogP contribution in [0.15, 0.2) is 24.3 Å². The maximum Gasteiger partial charge on any atom is 0.339 e. The van der Waals surface area contributed by atoms with Crippen molar-refractivity contribution in [3.8, 4) is 0 Å². The van der Waals surface area contributed by atoms with Gasteiger partial charge in [0.1, 0.15) is 5.60 Å². The number of unbranched alkanes of at least 4 members (excludes halogenated alkanes) is 14. The highest BCUT2D eigenvalue weighted by Gasteiger charge is 2.30. The van der Waals surface area contributed by atoms with Crippen LogP contribution in [0.25, 0.3) is 0 Å². The molecule has 0 bridgehead atoms. The molecule has 0 heterocycles. The number of aromatic carboxylic acids is 1. The molecule has 0 saturated heterocycles. The zero-order chi connectivity index (χ0) is 25.1. The van der Waals surface area contributed by atoms with E-state index in [1.165, 1.54) is 83.1 Å². The predicted octanol–water partition coefficient (Wildman–Crippen LogP) is 9.36. The maximum absolute atomic E-state index is 13.0. The number of carboxylic acid groups (broad SMARTS) is 1. The molecule has 0 radical (unpaired) electrons. The van der Waals surface area contributed by atoms with Crippen LogP contribution in [0, 0.1) is 0 Å². The Kier molecular flexibility index (Phi) is 16.4.